The fourth-order valence-corrected chi connectivity index (χ4v) is 2.06. The van der Waals surface area contributed by atoms with Gasteiger partial charge in [-0.05, 0) is 20.8 Å². The zero-order valence-electron chi connectivity index (χ0n) is 11.7. The molecule has 0 bridgehead atoms. The van der Waals surface area contributed by atoms with Gasteiger partial charge in [0.1, 0.15) is 11.5 Å². The molecule has 112 valence electrons. The van der Waals surface area contributed by atoms with Crippen LogP contribution in [0.15, 0.2) is 0 Å². The Morgan fingerprint density at radius 1 is 1.40 bits per heavy atom. The van der Waals surface area contributed by atoms with Crippen molar-refractivity contribution in [2.45, 2.75) is 51.2 Å². The van der Waals surface area contributed by atoms with Crippen molar-refractivity contribution in [2.75, 3.05) is 6.54 Å². The second kappa shape index (κ2) is 5.73. The van der Waals surface area contributed by atoms with E-state index in [1.165, 1.54) is 0 Å². The third-order valence-corrected chi connectivity index (χ3v) is 2.88. The standard InChI is InChI=1S/C13H18F2N2O3/c1-12(2,3)20-11(19)17-7-10(18)8-5-13(14,15)6-9(8)16-4/h8-9H,5-7H2,1-3H3,(H,17,19)/t8?,9-/m1/s1. The second-order valence-corrected chi connectivity index (χ2v) is 5.89. The van der Waals surface area contributed by atoms with Gasteiger partial charge in [0, 0.05) is 6.42 Å². The molecule has 0 aromatic rings. The second-order valence-electron chi connectivity index (χ2n) is 5.89. The number of carbonyl (C=O) groups is 2. The number of nitrogens with zero attached hydrogens (tertiary/aromatic N) is 1. The summed E-state index contributed by atoms with van der Waals surface area (Å²) in [5.74, 6) is -4.58. The summed E-state index contributed by atoms with van der Waals surface area (Å²) in [6, 6.07) is -1.02. The van der Waals surface area contributed by atoms with Crippen LogP contribution < -0.4 is 5.32 Å². The highest BCUT2D eigenvalue weighted by Gasteiger charge is 2.53. The van der Waals surface area contributed by atoms with E-state index in [1.807, 2.05) is 0 Å². The van der Waals surface area contributed by atoms with Crippen molar-refractivity contribution in [3.63, 3.8) is 0 Å². The third-order valence-electron chi connectivity index (χ3n) is 2.88. The Morgan fingerprint density at radius 2 is 2.00 bits per heavy atom. The normalized spacial score (nSPS) is 24.8. The number of hydrogen-bond acceptors (Lipinski definition) is 3. The van der Waals surface area contributed by atoms with Crippen molar-refractivity contribution in [1.82, 2.24) is 5.32 Å². The maximum absolute atomic E-state index is 13.2. The van der Waals surface area contributed by atoms with Crippen molar-refractivity contribution in [3.05, 3.63) is 11.4 Å². The Bertz CT molecular complexity index is 438. The SMILES string of the molecule is [C-]#[N+][C@@H]1CC(F)(F)CC1C(=O)CNC(=O)OC(C)(C)C. The average Bonchev–Trinajstić information content (AvgIpc) is 2.59. The van der Waals surface area contributed by atoms with E-state index in [0.717, 1.165) is 0 Å². The van der Waals surface area contributed by atoms with Crippen LogP contribution in [0, 0.1) is 12.5 Å². The molecule has 1 rings (SSSR count). The van der Waals surface area contributed by atoms with Crippen LogP contribution in [-0.2, 0) is 9.53 Å². The molecular formula is C13H18F2N2O3. The molecule has 0 aliphatic heterocycles. The van der Waals surface area contributed by atoms with E-state index in [1.54, 1.807) is 20.8 Å². The number of Topliss-reactive ketones (excluding diaryl/α,β-unsaturated/α-hetero) is 1. The average molecular weight is 288 g/mol. The van der Waals surface area contributed by atoms with E-state index >= 15 is 0 Å². The number of halogens is 2. The van der Waals surface area contributed by atoms with Crippen molar-refractivity contribution in [2.24, 2.45) is 5.92 Å². The topological polar surface area (TPSA) is 59.8 Å². The molecule has 1 saturated carbocycles. The predicted octanol–water partition coefficient (Wildman–Crippen LogP) is 2.41. The fourth-order valence-electron chi connectivity index (χ4n) is 2.06. The first kappa shape index (κ1) is 16.3. The van der Waals surface area contributed by atoms with Gasteiger partial charge in [-0.3, -0.25) is 4.79 Å². The molecule has 7 heteroatoms. The minimum absolute atomic E-state index is 0.401. The smallest absolute Gasteiger partial charge is 0.408 e. The van der Waals surface area contributed by atoms with Crippen molar-refractivity contribution < 1.29 is 23.1 Å². The summed E-state index contributed by atoms with van der Waals surface area (Å²) < 4.78 is 31.3. The predicted molar refractivity (Wildman–Crippen MR) is 67.3 cm³/mol. The lowest BCUT2D eigenvalue weighted by molar-refractivity contribution is -0.122. The van der Waals surface area contributed by atoms with Crippen LogP contribution in [0.2, 0.25) is 0 Å². The van der Waals surface area contributed by atoms with Gasteiger partial charge in [0.05, 0.1) is 13.0 Å². The van der Waals surface area contributed by atoms with Crippen LogP contribution in [0.1, 0.15) is 33.6 Å². The molecule has 1 amide bonds. The van der Waals surface area contributed by atoms with E-state index in [-0.39, 0.29) is 0 Å². The maximum atomic E-state index is 13.2. The molecule has 0 aromatic carbocycles. The van der Waals surface area contributed by atoms with Crippen molar-refractivity contribution in [1.29, 1.82) is 0 Å². The number of nitrogens with one attached hydrogen (secondary N) is 1. The zero-order valence-corrected chi connectivity index (χ0v) is 11.7. The molecule has 0 saturated heterocycles. The number of alkyl halides is 2. The van der Waals surface area contributed by atoms with Gasteiger partial charge in [-0.1, -0.05) is 0 Å². The Balaban J connectivity index is 2.51. The summed E-state index contributed by atoms with van der Waals surface area (Å²) in [5, 5.41) is 2.23. The van der Waals surface area contributed by atoms with Crippen LogP contribution in [0.3, 0.4) is 0 Å². The van der Waals surface area contributed by atoms with Gasteiger partial charge in [-0.25, -0.2) is 20.1 Å². The molecule has 0 aromatic heterocycles. The van der Waals surface area contributed by atoms with Crippen LogP contribution in [0.25, 0.3) is 4.85 Å². The molecule has 0 heterocycles. The highest BCUT2D eigenvalue weighted by Crippen LogP contribution is 2.41. The molecule has 5 nitrogen and oxygen atoms in total. The van der Waals surface area contributed by atoms with Gasteiger partial charge >= 0.3 is 6.09 Å². The minimum Gasteiger partial charge on any atom is -0.444 e. The molecule has 20 heavy (non-hydrogen) atoms. The largest absolute Gasteiger partial charge is 0.444 e. The molecule has 0 radical (unpaired) electrons. The number of rotatable bonds is 3. The summed E-state index contributed by atoms with van der Waals surface area (Å²) in [6.07, 6.45) is -2.01. The van der Waals surface area contributed by atoms with Gasteiger partial charge < -0.3 is 14.9 Å². The first-order chi connectivity index (χ1) is 9.04. The van der Waals surface area contributed by atoms with E-state index in [9.17, 15) is 18.4 Å². The molecule has 1 unspecified atom stereocenters. The lowest BCUT2D eigenvalue weighted by Gasteiger charge is -2.19. The number of hydrogen-bond donors (Lipinski definition) is 1. The Morgan fingerprint density at radius 3 is 2.50 bits per heavy atom. The lowest BCUT2D eigenvalue weighted by Crippen LogP contribution is -2.38. The number of ether oxygens (including phenoxy) is 1. The van der Waals surface area contributed by atoms with Crippen molar-refractivity contribution >= 4 is 11.9 Å². The van der Waals surface area contributed by atoms with Crippen LogP contribution >= 0.6 is 0 Å². The summed E-state index contributed by atoms with van der Waals surface area (Å²) in [5.41, 5.74) is -0.702. The first-order valence-corrected chi connectivity index (χ1v) is 6.28. The van der Waals surface area contributed by atoms with Gasteiger partial charge in [0.25, 0.3) is 5.92 Å². The van der Waals surface area contributed by atoms with Crippen molar-refractivity contribution in [3.8, 4) is 0 Å². The van der Waals surface area contributed by atoms with E-state index in [2.05, 4.69) is 10.2 Å². The zero-order chi connectivity index (χ0) is 15.6. The van der Waals surface area contributed by atoms with Crippen LogP contribution in [-0.4, -0.2) is 36.0 Å². The van der Waals surface area contributed by atoms with Crippen LogP contribution in [0.5, 0.6) is 0 Å². The highest BCUT2D eigenvalue weighted by atomic mass is 19.3. The highest BCUT2D eigenvalue weighted by molar-refractivity contribution is 5.87. The summed E-state index contributed by atoms with van der Waals surface area (Å²) in [7, 11) is 0. The first-order valence-electron chi connectivity index (χ1n) is 6.28. The molecule has 1 N–H and O–H groups in total. The maximum Gasteiger partial charge on any atom is 0.408 e. The molecule has 1 aliphatic carbocycles. The fraction of sp³-hybridized carbons (Fsp3) is 0.769. The Labute approximate surface area is 116 Å². The van der Waals surface area contributed by atoms with E-state index in [0.29, 0.717) is 0 Å². The molecule has 0 spiro atoms. The third kappa shape index (κ3) is 4.76. The summed E-state index contributed by atoms with van der Waals surface area (Å²) in [6.45, 7) is 11.5. The Hall–Kier alpha value is -1.71. The molecule has 2 atom stereocenters. The monoisotopic (exact) mass is 288 g/mol. The summed E-state index contributed by atoms with van der Waals surface area (Å²) >= 11 is 0. The summed E-state index contributed by atoms with van der Waals surface area (Å²) in [4.78, 5) is 26.3. The van der Waals surface area contributed by atoms with Gasteiger partial charge in [-0.2, -0.15) is 0 Å². The van der Waals surface area contributed by atoms with Gasteiger partial charge in [0.2, 0.25) is 6.04 Å². The number of ketones is 1. The number of amides is 1. The molecular weight excluding hydrogens is 270 g/mol. The molecule has 1 fully saturated rings. The Kier molecular flexibility index (Phi) is 4.69. The lowest BCUT2D eigenvalue weighted by atomic mass is 9.99. The van der Waals surface area contributed by atoms with Gasteiger partial charge in [0.15, 0.2) is 5.78 Å². The van der Waals surface area contributed by atoms with Gasteiger partial charge in [-0.15, -0.1) is 0 Å². The van der Waals surface area contributed by atoms with Crippen LogP contribution in [0.4, 0.5) is 13.6 Å². The molecule has 1 aliphatic rings. The van der Waals surface area contributed by atoms with E-state index in [4.69, 9.17) is 11.3 Å². The number of carbonyl (C=O) groups excluding carboxylic acids is 2. The quantitative estimate of drug-likeness (QED) is 0.811. The van der Waals surface area contributed by atoms with E-state index < -0.39 is 54.7 Å². The minimum atomic E-state index is -2.98. The number of alkyl carbamates (subject to hydrolysis) is 1.